The van der Waals surface area contributed by atoms with Crippen LogP contribution in [0.15, 0.2) is 96.6 Å². The fourth-order valence-corrected chi connectivity index (χ4v) is 3.66. The number of amides is 2. The molecule has 1 aromatic heterocycles. The van der Waals surface area contributed by atoms with Crippen molar-refractivity contribution in [2.75, 3.05) is 11.1 Å². The van der Waals surface area contributed by atoms with Gasteiger partial charge in [-0.25, -0.2) is 9.97 Å². The third-order valence-electron chi connectivity index (χ3n) is 4.99. The van der Waals surface area contributed by atoms with Crippen LogP contribution in [0.3, 0.4) is 0 Å². The molecule has 2 amide bonds. The van der Waals surface area contributed by atoms with Crippen molar-refractivity contribution in [1.29, 1.82) is 0 Å². The zero-order valence-electron chi connectivity index (χ0n) is 19.5. The number of anilines is 2. The van der Waals surface area contributed by atoms with E-state index >= 15 is 0 Å². The summed E-state index contributed by atoms with van der Waals surface area (Å²) in [5.41, 5.74) is 10.0. The summed E-state index contributed by atoms with van der Waals surface area (Å²) in [5.74, 6) is -0.495. The van der Waals surface area contributed by atoms with Gasteiger partial charge < -0.3 is 11.1 Å². The van der Waals surface area contributed by atoms with Gasteiger partial charge in [-0.15, -0.1) is 0 Å². The van der Waals surface area contributed by atoms with Crippen LogP contribution in [-0.4, -0.2) is 21.8 Å². The van der Waals surface area contributed by atoms with Crippen molar-refractivity contribution in [2.24, 2.45) is 0 Å². The van der Waals surface area contributed by atoms with Gasteiger partial charge >= 0.3 is 0 Å². The molecule has 0 spiro atoms. The van der Waals surface area contributed by atoms with E-state index in [-0.39, 0.29) is 17.4 Å². The maximum atomic E-state index is 12.8. The first-order chi connectivity index (χ1) is 16.9. The zero-order valence-corrected chi connectivity index (χ0v) is 20.3. The summed E-state index contributed by atoms with van der Waals surface area (Å²) < 4.78 is 2.81. The molecule has 0 aliphatic carbocycles. The largest absolute Gasteiger partial charge is 0.382 e. The minimum atomic E-state index is -0.455. The molecule has 7 nitrogen and oxygen atoms in total. The highest BCUT2D eigenvalue weighted by Gasteiger charge is 2.15. The van der Waals surface area contributed by atoms with Crippen LogP contribution in [0.25, 0.3) is 11.3 Å². The predicted octanol–water partition coefficient (Wildman–Crippen LogP) is 5.49. The molecule has 0 fully saturated rings. The quantitative estimate of drug-likeness (QED) is 0.259. The van der Waals surface area contributed by atoms with E-state index in [1.807, 2.05) is 37.3 Å². The van der Waals surface area contributed by atoms with Gasteiger partial charge in [-0.1, -0.05) is 61.2 Å². The number of benzene rings is 2. The molecule has 3 aromatic rings. The highest BCUT2D eigenvalue weighted by molar-refractivity contribution is 7.98. The van der Waals surface area contributed by atoms with Gasteiger partial charge in [-0.05, 0) is 55.1 Å². The van der Waals surface area contributed by atoms with Gasteiger partial charge in [0.05, 0.1) is 11.9 Å². The number of allylic oxidation sites excluding steroid dienone is 4. The maximum absolute atomic E-state index is 12.8. The highest BCUT2D eigenvalue weighted by atomic mass is 32.2. The molecule has 0 aliphatic heterocycles. The minimum Gasteiger partial charge on any atom is -0.382 e. The van der Waals surface area contributed by atoms with Gasteiger partial charge in [0.2, 0.25) is 5.91 Å². The molecule has 0 bridgehead atoms. The summed E-state index contributed by atoms with van der Waals surface area (Å²) in [7, 11) is 0. The Morgan fingerprint density at radius 2 is 1.77 bits per heavy atom. The Bertz CT molecular complexity index is 1250. The number of rotatable bonds is 10. The fourth-order valence-electron chi connectivity index (χ4n) is 3.06. The number of nitrogen functional groups attached to an aromatic ring is 1. The average molecular weight is 486 g/mol. The molecule has 4 N–H and O–H groups in total. The van der Waals surface area contributed by atoms with Crippen LogP contribution in [0.5, 0.6) is 0 Å². The van der Waals surface area contributed by atoms with E-state index in [0.29, 0.717) is 24.2 Å². The summed E-state index contributed by atoms with van der Waals surface area (Å²) >= 11 is 1.21. The van der Waals surface area contributed by atoms with Crippen LogP contribution in [0.2, 0.25) is 0 Å². The molecule has 2 aromatic carbocycles. The van der Waals surface area contributed by atoms with Crippen molar-refractivity contribution in [3.63, 3.8) is 0 Å². The highest BCUT2D eigenvalue weighted by Crippen LogP contribution is 2.21. The summed E-state index contributed by atoms with van der Waals surface area (Å²) in [6, 6.07) is 14.8. The first-order valence-corrected chi connectivity index (χ1v) is 11.7. The molecule has 3 rings (SSSR count). The Kier molecular flexibility index (Phi) is 8.97. The molecule has 0 unspecified atom stereocenters. The molecule has 178 valence electrons. The van der Waals surface area contributed by atoms with E-state index in [1.165, 1.54) is 11.9 Å². The van der Waals surface area contributed by atoms with E-state index in [1.54, 1.807) is 42.6 Å². The van der Waals surface area contributed by atoms with Gasteiger partial charge in [0.25, 0.3) is 5.91 Å². The predicted molar refractivity (Wildman–Crippen MR) is 143 cm³/mol. The summed E-state index contributed by atoms with van der Waals surface area (Å²) in [6.45, 7) is 9.37. The second-order valence-electron chi connectivity index (χ2n) is 7.64. The van der Waals surface area contributed by atoms with Crippen LogP contribution in [0.4, 0.5) is 11.5 Å². The van der Waals surface area contributed by atoms with E-state index in [2.05, 4.69) is 33.2 Å². The fraction of sp³-hybridized carbons (Fsp3) is 0.111. The van der Waals surface area contributed by atoms with Crippen LogP contribution in [0, 0.1) is 6.92 Å². The lowest BCUT2D eigenvalue weighted by atomic mass is 10.1. The second-order valence-corrected chi connectivity index (χ2v) is 8.52. The van der Waals surface area contributed by atoms with Crippen molar-refractivity contribution in [2.45, 2.75) is 24.7 Å². The van der Waals surface area contributed by atoms with Crippen LogP contribution in [-0.2, 0) is 4.79 Å². The number of aryl methyl sites for hydroxylation is 1. The molecule has 0 saturated heterocycles. The van der Waals surface area contributed by atoms with Gasteiger partial charge in [-0.3, -0.25) is 14.3 Å². The Balaban J connectivity index is 1.58. The van der Waals surface area contributed by atoms with E-state index in [4.69, 9.17) is 5.73 Å². The molecule has 0 atom stereocenters. The van der Waals surface area contributed by atoms with Crippen molar-refractivity contribution >= 4 is 35.3 Å². The average Bonchev–Trinajstić information content (AvgIpc) is 2.87. The monoisotopic (exact) mass is 485 g/mol. The Hall–Kier alpha value is -4.17. The number of hydrogen-bond acceptors (Lipinski definition) is 6. The van der Waals surface area contributed by atoms with Crippen molar-refractivity contribution in [3.8, 4) is 11.3 Å². The SMILES string of the molecule is C=C/C=C(\C=C)CCC(=O)NSc1ccc(NC(=O)c2nc(-c3ccc(C)cc3)cnc2N)cc1. The first kappa shape index (κ1) is 25.5. The summed E-state index contributed by atoms with van der Waals surface area (Å²) in [5, 5.41) is 2.79. The molecule has 0 radical (unpaired) electrons. The number of carbonyl (C=O) groups excluding carboxylic acids is 2. The summed E-state index contributed by atoms with van der Waals surface area (Å²) in [4.78, 5) is 34.3. The molecule has 1 heterocycles. The lowest BCUT2D eigenvalue weighted by Gasteiger charge is -2.09. The van der Waals surface area contributed by atoms with Crippen LogP contribution < -0.4 is 15.8 Å². The van der Waals surface area contributed by atoms with E-state index in [9.17, 15) is 9.59 Å². The number of hydrogen-bond donors (Lipinski definition) is 3. The van der Waals surface area contributed by atoms with Crippen molar-refractivity contribution in [3.05, 3.63) is 103 Å². The molecule has 0 saturated carbocycles. The lowest BCUT2D eigenvalue weighted by Crippen LogP contribution is -2.17. The van der Waals surface area contributed by atoms with Gasteiger partial charge in [0.1, 0.15) is 0 Å². The number of nitrogens with two attached hydrogens (primary N) is 1. The van der Waals surface area contributed by atoms with E-state index < -0.39 is 5.91 Å². The Morgan fingerprint density at radius 3 is 2.43 bits per heavy atom. The smallest absolute Gasteiger partial charge is 0.278 e. The van der Waals surface area contributed by atoms with Crippen molar-refractivity contribution < 1.29 is 9.59 Å². The molecule has 35 heavy (non-hydrogen) atoms. The topological polar surface area (TPSA) is 110 Å². The number of nitrogens with one attached hydrogen (secondary N) is 2. The zero-order chi connectivity index (χ0) is 25.2. The number of carbonyl (C=O) groups is 2. The van der Waals surface area contributed by atoms with Crippen LogP contribution in [0.1, 0.15) is 28.9 Å². The summed E-state index contributed by atoms with van der Waals surface area (Å²) in [6.07, 6.45) is 7.70. The Morgan fingerprint density at radius 1 is 1.06 bits per heavy atom. The third kappa shape index (κ3) is 7.41. The first-order valence-electron chi connectivity index (χ1n) is 10.9. The molecular formula is C27H27N5O2S. The Labute approximate surface area is 209 Å². The molecule has 0 aliphatic rings. The number of aromatic nitrogens is 2. The lowest BCUT2D eigenvalue weighted by molar-refractivity contribution is -0.119. The third-order valence-corrected chi connectivity index (χ3v) is 5.83. The van der Waals surface area contributed by atoms with Gasteiger partial charge in [0, 0.05) is 22.6 Å². The van der Waals surface area contributed by atoms with E-state index in [0.717, 1.165) is 21.6 Å². The van der Waals surface area contributed by atoms with Gasteiger partial charge in [0.15, 0.2) is 11.5 Å². The standard InChI is InChI=1S/C27H27N5O2S/c1-4-6-19(5-2)9-16-24(33)32-35-22-14-12-21(13-15-22)30-27(34)25-26(28)29-17-23(31-25)20-10-7-18(3)8-11-20/h4-8,10-15,17H,1-2,9,16H2,3H3,(H2,28,29)(H,30,34)(H,32,33)/b19-6+. The minimum absolute atomic E-state index is 0.0517. The maximum Gasteiger partial charge on any atom is 0.278 e. The normalized spacial score (nSPS) is 10.9. The van der Waals surface area contributed by atoms with Gasteiger partial charge in [-0.2, -0.15) is 0 Å². The van der Waals surface area contributed by atoms with Crippen molar-refractivity contribution in [1.82, 2.24) is 14.7 Å². The number of nitrogens with zero attached hydrogens (tertiary/aromatic N) is 2. The second kappa shape index (κ2) is 12.3. The van der Waals surface area contributed by atoms with Crippen LogP contribution >= 0.6 is 11.9 Å². The molecule has 8 heteroatoms. The molecular weight excluding hydrogens is 458 g/mol.